The fourth-order valence-electron chi connectivity index (χ4n) is 0.929. The summed E-state index contributed by atoms with van der Waals surface area (Å²) in [6.07, 6.45) is 0. The molecule has 0 spiro atoms. The Hall–Kier alpha value is -1.61. The zero-order valence-corrected chi connectivity index (χ0v) is 8.99. The zero-order valence-electron chi connectivity index (χ0n) is 8.18. The molecule has 0 fully saturated rings. The standard InChI is InChI=1S/C8H7F3N2O3S/c9-8(10,11)17(15,16)13(12)7(14)6-4-2-1-3-5-6/h1-5H,12H2. The van der Waals surface area contributed by atoms with Crippen LogP contribution in [0, 0.1) is 0 Å². The highest BCUT2D eigenvalue weighted by molar-refractivity contribution is 7.90. The number of alkyl halides is 3. The lowest BCUT2D eigenvalue weighted by atomic mass is 10.2. The minimum absolute atomic E-state index is 0.261. The molecule has 0 unspecified atom stereocenters. The molecule has 0 saturated heterocycles. The highest BCUT2D eigenvalue weighted by Gasteiger charge is 2.51. The molecule has 0 aromatic heterocycles. The van der Waals surface area contributed by atoms with E-state index < -0.39 is 25.9 Å². The molecule has 1 amide bonds. The number of amides is 1. The lowest BCUT2D eigenvalue weighted by Crippen LogP contribution is -2.48. The first-order valence-corrected chi connectivity index (χ1v) is 5.57. The smallest absolute Gasteiger partial charge is 0.266 e. The third-order valence-electron chi connectivity index (χ3n) is 1.77. The summed E-state index contributed by atoms with van der Waals surface area (Å²) < 4.78 is 57.1. The van der Waals surface area contributed by atoms with Crippen molar-refractivity contribution < 1.29 is 26.4 Å². The third kappa shape index (κ3) is 2.56. The maximum atomic E-state index is 12.1. The summed E-state index contributed by atoms with van der Waals surface area (Å²) in [4.78, 5) is 11.4. The molecule has 0 heterocycles. The number of hydrogen-bond acceptors (Lipinski definition) is 4. The van der Waals surface area contributed by atoms with E-state index in [-0.39, 0.29) is 5.56 Å². The molecule has 1 aromatic carbocycles. The van der Waals surface area contributed by atoms with E-state index in [9.17, 15) is 26.4 Å². The number of benzene rings is 1. The molecular formula is C8H7F3N2O3S. The van der Waals surface area contributed by atoms with Gasteiger partial charge in [-0.1, -0.05) is 18.2 Å². The van der Waals surface area contributed by atoms with Gasteiger partial charge in [0.05, 0.1) is 0 Å². The second-order valence-corrected chi connectivity index (χ2v) is 4.72. The van der Waals surface area contributed by atoms with Crippen molar-refractivity contribution in [3.8, 4) is 0 Å². The van der Waals surface area contributed by atoms with Gasteiger partial charge in [-0.05, 0) is 12.1 Å². The quantitative estimate of drug-likeness (QED) is 0.490. The number of hydrazine groups is 1. The Labute approximate surface area is 94.7 Å². The van der Waals surface area contributed by atoms with Crippen molar-refractivity contribution in [2.24, 2.45) is 5.84 Å². The Morgan fingerprint density at radius 1 is 1.18 bits per heavy atom. The molecular weight excluding hydrogens is 261 g/mol. The normalized spacial score (nSPS) is 12.2. The summed E-state index contributed by atoms with van der Waals surface area (Å²) >= 11 is 0. The lowest BCUT2D eigenvalue weighted by Gasteiger charge is -2.18. The summed E-state index contributed by atoms with van der Waals surface area (Å²) in [6, 6.07) is 6.53. The van der Waals surface area contributed by atoms with E-state index in [4.69, 9.17) is 0 Å². The van der Waals surface area contributed by atoms with Crippen LogP contribution in [0.15, 0.2) is 30.3 Å². The number of nitrogens with zero attached hydrogens (tertiary/aromatic N) is 1. The molecule has 5 nitrogen and oxygen atoms in total. The number of nitrogens with two attached hydrogens (primary N) is 1. The van der Waals surface area contributed by atoms with E-state index in [2.05, 4.69) is 5.84 Å². The van der Waals surface area contributed by atoms with Crippen LogP contribution in [-0.2, 0) is 10.0 Å². The number of halogens is 3. The molecule has 0 saturated carbocycles. The molecule has 2 N–H and O–H groups in total. The highest BCUT2D eigenvalue weighted by atomic mass is 32.2. The molecule has 0 aliphatic heterocycles. The first-order chi connectivity index (χ1) is 7.68. The summed E-state index contributed by atoms with van der Waals surface area (Å²) in [5.74, 6) is 3.23. The Kier molecular flexibility index (Phi) is 3.43. The number of rotatable bonds is 2. The minimum Gasteiger partial charge on any atom is -0.266 e. The van der Waals surface area contributed by atoms with E-state index in [1.807, 2.05) is 0 Å². The number of hydrogen-bond donors (Lipinski definition) is 1. The van der Waals surface area contributed by atoms with Gasteiger partial charge in [-0.25, -0.2) is 5.84 Å². The molecule has 0 aliphatic rings. The Bertz CT molecular complexity index is 513. The first kappa shape index (κ1) is 13.5. The summed E-state index contributed by atoms with van der Waals surface area (Å²) in [6.45, 7) is 0. The summed E-state index contributed by atoms with van der Waals surface area (Å²) in [5.41, 5.74) is -5.88. The van der Waals surface area contributed by atoms with Crippen molar-refractivity contribution in [3.63, 3.8) is 0 Å². The van der Waals surface area contributed by atoms with Crippen LogP contribution in [0.1, 0.15) is 10.4 Å². The summed E-state index contributed by atoms with van der Waals surface area (Å²) in [5, 5.41) is 0. The van der Waals surface area contributed by atoms with Crippen LogP contribution < -0.4 is 5.84 Å². The van der Waals surface area contributed by atoms with Crippen molar-refractivity contribution in [3.05, 3.63) is 35.9 Å². The Morgan fingerprint density at radius 3 is 2.06 bits per heavy atom. The monoisotopic (exact) mass is 268 g/mol. The largest absolute Gasteiger partial charge is 0.518 e. The average molecular weight is 268 g/mol. The van der Waals surface area contributed by atoms with E-state index in [0.29, 0.717) is 0 Å². The van der Waals surface area contributed by atoms with Crippen LogP contribution in [0.3, 0.4) is 0 Å². The molecule has 1 rings (SSSR count). The van der Waals surface area contributed by atoms with Gasteiger partial charge in [-0.2, -0.15) is 26.0 Å². The van der Waals surface area contributed by atoms with Gasteiger partial charge in [-0.15, -0.1) is 0 Å². The molecule has 0 bridgehead atoms. The molecule has 0 aliphatic carbocycles. The predicted octanol–water partition coefficient (Wildman–Crippen LogP) is 0.852. The summed E-state index contributed by atoms with van der Waals surface area (Å²) in [7, 11) is -5.86. The second kappa shape index (κ2) is 4.34. The van der Waals surface area contributed by atoms with Crippen LogP contribution in [-0.4, -0.2) is 24.2 Å². The topological polar surface area (TPSA) is 80.5 Å². The molecule has 94 valence electrons. The predicted molar refractivity (Wildman–Crippen MR) is 51.8 cm³/mol. The van der Waals surface area contributed by atoms with Crippen molar-refractivity contribution >= 4 is 15.9 Å². The fourth-order valence-corrected chi connectivity index (χ4v) is 1.48. The van der Waals surface area contributed by atoms with Crippen LogP contribution in [0.4, 0.5) is 13.2 Å². The Balaban J connectivity index is 3.09. The maximum Gasteiger partial charge on any atom is 0.518 e. The van der Waals surface area contributed by atoms with Gasteiger partial charge in [-0.3, -0.25) is 4.79 Å². The lowest BCUT2D eigenvalue weighted by molar-refractivity contribution is -0.0483. The molecule has 1 aromatic rings. The zero-order chi connectivity index (χ0) is 13.3. The van der Waals surface area contributed by atoms with E-state index >= 15 is 0 Å². The van der Waals surface area contributed by atoms with Crippen LogP contribution >= 0.6 is 0 Å². The van der Waals surface area contributed by atoms with Gasteiger partial charge >= 0.3 is 15.5 Å². The van der Waals surface area contributed by atoms with Gasteiger partial charge < -0.3 is 0 Å². The van der Waals surface area contributed by atoms with Gasteiger partial charge in [0.15, 0.2) is 0 Å². The molecule has 17 heavy (non-hydrogen) atoms. The Morgan fingerprint density at radius 2 is 1.65 bits per heavy atom. The van der Waals surface area contributed by atoms with E-state index in [0.717, 1.165) is 12.1 Å². The van der Waals surface area contributed by atoms with Crippen LogP contribution in [0.25, 0.3) is 0 Å². The van der Waals surface area contributed by atoms with Gasteiger partial charge in [0, 0.05) is 5.56 Å². The number of sulfonamides is 1. The molecule has 0 atom stereocenters. The van der Waals surface area contributed by atoms with Crippen molar-refractivity contribution in [2.75, 3.05) is 0 Å². The van der Waals surface area contributed by atoms with Gasteiger partial charge in [0.2, 0.25) is 0 Å². The second-order valence-electron chi connectivity index (χ2n) is 2.92. The average Bonchev–Trinajstić information content (AvgIpc) is 2.26. The van der Waals surface area contributed by atoms with Gasteiger partial charge in [0.1, 0.15) is 0 Å². The van der Waals surface area contributed by atoms with Crippen molar-refractivity contribution in [2.45, 2.75) is 5.51 Å². The number of carbonyl (C=O) groups excluding carboxylic acids is 1. The van der Waals surface area contributed by atoms with Crippen molar-refractivity contribution in [1.29, 1.82) is 0 Å². The fraction of sp³-hybridized carbons (Fsp3) is 0.125. The SMILES string of the molecule is NN(C(=O)c1ccccc1)S(=O)(=O)C(F)(F)F. The molecule has 0 radical (unpaired) electrons. The van der Waals surface area contributed by atoms with Crippen LogP contribution in [0.2, 0.25) is 0 Å². The highest BCUT2D eigenvalue weighted by Crippen LogP contribution is 2.25. The maximum absolute atomic E-state index is 12.1. The van der Waals surface area contributed by atoms with Crippen molar-refractivity contribution in [1.82, 2.24) is 4.41 Å². The third-order valence-corrected chi connectivity index (χ3v) is 3.04. The van der Waals surface area contributed by atoms with E-state index in [1.165, 1.54) is 18.2 Å². The first-order valence-electron chi connectivity index (χ1n) is 4.13. The van der Waals surface area contributed by atoms with E-state index in [1.54, 1.807) is 0 Å². The number of carbonyl (C=O) groups is 1. The van der Waals surface area contributed by atoms with Crippen LogP contribution in [0.5, 0.6) is 0 Å². The molecule has 9 heteroatoms. The minimum atomic E-state index is -5.86. The van der Waals surface area contributed by atoms with Gasteiger partial charge in [0.25, 0.3) is 5.91 Å².